The number of amides is 2. The van der Waals surface area contributed by atoms with E-state index in [1.807, 2.05) is 13.8 Å². The molecule has 4 aromatic rings. The zero-order valence-corrected chi connectivity index (χ0v) is 20.3. The molecule has 8 nitrogen and oxygen atoms in total. The number of carbonyl (C=O) groups is 2. The number of hydrogen-bond acceptors (Lipinski definition) is 5. The number of imidazole rings is 1. The van der Waals surface area contributed by atoms with Gasteiger partial charge >= 0.3 is 0 Å². The summed E-state index contributed by atoms with van der Waals surface area (Å²) in [5.74, 6) is 1.12. The van der Waals surface area contributed by atoms with Gasteiger partial charge in [0.25, 0.3) is 11.8 Å². The Bertz CT molecular complexity index is 1380. The molecule has 3 N–H and O–H groups in total. The van der Waals surface area contributed by atoms with Crippen LogP contribution in [0.2, 0.25) is 5.02 Å². The number of fused-ring (bicyclic) bond motifs is 1. The largest absolute Gasteiger partial charge is 0.494 e. The van der Waals surface area contributed by atoms with Crippen LogP contribution in [0.25, 0.3) is 22.4 Å². The predicted octanol–water partition coefficient (Wildman–Crippen LogP) is 5.29. The third kappa shape index (κ3) is 5.38. The summed E-state index contributed by atoms with van der Waals surface area (Å²) < 4.78 is 11.1. The Hall–Kier alpha value is -4.04. The first-order valence-corrected chi connectivity index (χ1v) is 11.5. The molecular weight excluding hydrogens is 468 g/mol. The molecule has 0 aliphatic carbocycles. The first-order valence-electron chi connectivity index (χ1n) is 11.2. The maximum Gasteiger partial charge on any atom is 0.255 e. The van der Waals surface area contributed by atoms with E-state index >= 15 is 0 Å². The number of nitrogens with one attached hydrogen (secondary N) is 3. The fourth-order valence-corrected chi connectivity index (χ4v) is 3.82. The number of nitrogens with zero attached hydrogens (tertiary/aromatic N) is 1. The molecule has 1 heterocycles. The first-order chi connectivity index (χ1) is 16.9. The Morgan fingerprint density at radius 1 is 0.914 bits per heavy atom. The van der Waals surface area contributed by atoms with Crippen LogP contribution in [0.4, 0.5) is 5.69 Å². The Morgan fingerprint density at radius 3 is 2.29 bits per heavy atom. The first kappa shape index (κ1) is 24.1. The van der Waals surface area contributed by atoms with E-state index in [9.17, 15) is 9.59 Å². The third-order valence-corrected chi connectivity index (χ3v) is 5.54. The Kier molecular flexibility index (Phi) is 7.22. The number of ether oxygens (including phenoxy) is 2. The summed E-state index contributed by atoms with van der Waals surface area (Å²) in [7, 11) is 1.58. The molecule has 0 aliphatic heterocycles. The summed E-state index contributed by atoms with van der Waals surface area (Å²) in [4.78, 5) is 32.8. The standard InChI is InChI=1S/C26H25ClN4O4/c1-4-34-18-10-16(11-19(14-18)35-5-2)26(33)29-17-7-8-21(27)20(13-17)24-30-22-9-6-15(25(32)28-3)12-23(22)31-24/h6-14H,4-5H2,1-3H3,(H,28,32)(H,29,33)(H,30,31). The SMILES string of the molecule is CCOc1cc(OCC)cc(C(=O)Nc2ccc(Cl)c(-c3nc4ccc(C(=O)NC)cc4[nH]3)c2)c1. The average molecular weight is 493 g/mol. The van der Waals surface area contributed by atoms with Crippen LogP contribution in [0.1, 0.15) is 34.6 Å². The second-order valence-electron chi connectivity index (χ2n) is 7.60. The highest BCUT2D eigenvalue weighted by atomic mass is 35.5. The molecule has 0 spiro atoms. The maximum absolute atomic E-state index is 13.0. The molecule has 35 heavy (non-hydrogen) atoms. The number of hydrogen-bond donors (Lipinski definition) is 3. The van der Waals surface area contributed by atoms with Crippen LogP contribution in [0.15, 0.2) is 54.6 Å². The van der Waals surface area contributed by atoms with Crippen molar-refractivity contribution >= 4 is 40.1 Å². The average Bonchev–Trinajstić information content (AvgIpc) is 3.28. The van der Waals surface area contributed by atoms with Crippen LogP contribution in [-0.4, -0.2) is 42.0 Å². The summed E-state index contributed by atoms with van der Waals surface area (Å²) in [5, 5.41) is 5.96. The van der Waals surface area contributed by atoms with Crippen molar-refractivity contribution in [3.8, 4) is 22.9 Å². The number of aromatic amines is 1. The summed E-state index contributed by atoms with van der Waals surface area (Å²) in [5.41, 5.74) is 3.46. The molecule has 3 aromatic carbocycles. The molecule has 2 amide bonds. The van der Waals surface area contributed by atoms with Crippen molar-refractivity contribution in [2.24, 2.45) is 0 Å². The second kappa shape index (κ2) is 10.5. The van der Waals surface area contributed by atoms with Crippen LogP contribution in [0.3, 0.4) is 0 Å². The predicted molar refractivity (Wildman–Crippen MR) is 137 cm³/mol. The molecule has 1 aromatic heterocycles. The van der Waals surface area contributed by atoms with Crippen molar-refractivity contribution in [3.05, 3.63) is 70.7 Å². The Morgan fingerprint density at radius 2 is 1.63 bits per heavy atom. The number of H-pyrrole nitrogens is 1. The molecule has 0 bridgehead atoms. The van der Waals surface area contributed by atoms with Crippen LogP contribution >= 0.6 is 11.6 Å². The van der Waals surface area contributed by atoms with Crippen LogP contribution < -0.4 is 20.1 Å². The van der Waals surface area contributed by atoms with E-state index in [0.29, 0.717) is 69.0 Å². The molecule has 4 rings (SSSR count). The quantitative estimate of drug-likeness (QED) is 0.310. The minimum Gasteiger partial charge on any atom is -0.494 e. The summed E-state index contributed by atoms with van der Waals surface area (Å²) in [6, 6.07) is 15.4. The van der Waals surface area contributed by atoms with Gasteiger partial charge in [-0.2, -0.15) is 0 Å². The number of aromatic nitrogens is 2. The molecular formula is C26H25ClN4O4. The number of rotatable bonds is 8. The molecule has 0 unspecified atom stereocenters. The summed E-state index contributed by atoms with van der Waals surface area (Å²) in [6.07, 6.45) is 0. The van der Waals surface area contributed by atoms with E-state index < -0.39 is 0 Å². The number of anilines is 1. The van der Waals surface area contributed by atoms with Gasteiger partial charge < -0.3 is 25.1 Å². The molecule has 180 valence electrons. The lowest BCUT2D eigenvalue weighted by atomic mass is 10.1. The molecule has 0 saturated heterocycles. The van der Waals surface area contributed by atoms with Crippen molar-refractivity contribution in [1.82, 2.24) is 15.3 Å². The van der Waals surface area contributed by atoms with Gasteiger partial charge in [0.15, 0.2) is 0 Å². The van der Waals surface area contributed by atoms with E-state index in [1.165, 1.54) is 0 Å². The van der Waals surface area contributed by atoms with Gasteiger partial charge in [0.05, 0.1) is 29.3 Å². The second-order valence-corrected chi connectivity index (χ2v) is 8.01. The van der Waals surface area contributed by atoms with Crippen molar-refractivity contribution in [1.29, 1.82) is 0 Å². The molecule has 0 radical (unpaired) electrons. The van der Waals surface area contributed by atoms with Crippen molar-refractivity contribution in [2.75, 3.05) is 25.6 Å². The van der Waals surface area contributed by atoms with Crippen molar-refractivity contribution in [2.45, 2.75) is 13.8 Å². The molecule has 0 atom stereocenters. The van der Waals surface area contributed by atoms with Crippen LogP contribution in [-0.2, 0) is 0 Å². The molecule has 0 saturated carbocycles. The van der Waals surface area contributed by atoms with Gasteiger partial charge in [-0.25, -0.2) is 4.98 Å². The minimum absolute atomic E-state index is 0.188. The van der Waals surface area contributed by atoms with E-state index in [-0.39, 0.29) is 11.8 Å². The van der Waals surface area contributed by atoms with E-state index in [0.717, 1.165) is 0 Å². The van der Waals surface area contributed by atoms with Gasteiger partial charge in [0, 0.05) is 35.5 Å². The lowest BCUT2D eigenvalue weighted by Gasteiger charge is -2.12. The smallest absolute Gasteiger partial charge is 0.255 e. The highest BCUT2D eigenvalue weighted by Crippen LogP contribution is 2.31. The van der Waals surface area contributed by atoms with Crippen molar-refractivity contribution in [3.63, 3.8) is 0 Å². The van der Waals surface area contributed by atoms with Gasteiger partial charge in [-0.1, -0.05) is 11.6 Å². The van der Waals surface area contributed by atoms with Gasteiger partial charge in [0.1, 0.15) is 17.3 Å². The molecule has 9 heteroatoms. The molecule has 0 fully saturated rings. The number of carbonyl (C=O) groups excluding carboxylic acids is 2. The van der Waals surface area contributed by atoms with Gasteiger partial charge in [-0.15, -0.1) is 0 Å². The number of halogens is 1. The normalized spacial score (nSPS) is 10.7. The minimum atomic E-state index is -0.319. The number of benzene rings is 3. The lowest BCUT2D eigenvalue weighted by molar-refractivity contribution is 0.0962. The Labute approximate surface area is 207 Å². The summed E-state index contributed by atoms with van der Waals surface area (Å²) >= 11 is 6.46. The third-order valence-electron chi connectivity index (χ3n) is 5.21. The maximum atomic E-state index is 13.0. The fraction of sp³-hybridized carbons (Fsp3) is 0.192. The zero-order chi connectivity index (χ0) is 24.9. The highest BCUT2D eigenvalue weighted by molar-refractivity contribution is 6.33. The van der Waals surface area contributed by atoms with Crippen LogP contribution in [0.5, 0.6) is 11.5 Å². The van der Waals surface area contributed by atoms with Crippen LogP contribution in [0, 0.1) is 0 Å². The topological polar surface area (TPSA) is 105 Å². The van der Waals surface area contributed by atoms with E-state index in [1.54, 1.807) is 61.6 Å². The zero-order valence-electron chi connectivity index (χ0n) is 19.6. The monoisotopic (exact) mass is 492 g/mol. The highest BCUT2D eigenvalue weighted by Gasteiger charge is 2.15. The van der Waals surface area contributed by atoms with E-state index in [2.05, 4.69) is 20.6 Å². The van der Waals surface area contributed by atoms with Gasteiger partial charge in [-0.3, -0.25) is 9.59 Å². The fourth-order valence-electron chi connectivity index (χ4n) is 3.61. The molecule has 0 aliphatic rings. The van der Waals surface area contributed by atoms with E-state index in [4.69, 9.17) is 21.1 Å². The van der Waals surface area contributed by atoms with Crippen molar-refractivity contribution < 1.29 is 19.1 Å². The Balaban J connectivity index is 1.63. The van der Waals surface area contributed by atoms with Gasteiger partial charge in [0.2, 0.25) is 0 Å². The summed E-state index contributed by atoms with van der Waals surface area (Å²) in [6.45, 7) is 4.69. The lowest BCUT2D eigenvalue weighted by Crippen LogP contribution is -2.17. The van der Waals surface area contributed by atoms with Gasteiger partial charge in [-0.05, 0) is 62.4 Å².